The van der Waals surface area contributed by atoms with Crippen LogP contribution in [0.25, 0.3) is 10.9 Å². The molecule has 0 aliphatic carbocycles. The summed E-state index contributed by atoms with van der Waals surface area (Å²) < 4.78 is 33.0. The van der Waals surface area contributed by atoms with Gasteiger partial charge < -0.3 is 14.4 Å². The van der Waals surface area contributed by atoms with Crippen LogP contribution in [-0.4, -0.2) is 51.4 Å². The van der Waals surface area contributed by atoms with Gasteiger partial charge in [-0.25, -0.2) is 23.5 Å². The van der Waals surface area contributed by atoms with E-state index in [4.69, 9.17) is 14.6 Å². The second kappa shape index (κ2) is 7.63. The number of primary sulfonamides is 1. The first-order valence-electron chi connectivity index (χ1n) is 8.53. The number of fused-ring (bicyclic) bond motifs is 1. The van der Waals surface area contributed by atoms with E-state index in [1.54, 1.807) is 20.5 Å². The van der Waals surface area contributed by atoms with Crippen LogP contribution in [-0.2, 0) is 10.0 Å². The van der Waals surface area contributed by atoms with Gasteiger partial charge in [0.25, 0.3) is 0 Å². The summed E-state index contributed by atoms with van der Waals surface area (Å²) in [4.78, 5) is 11.0. The van der Waals surface area contributed by atoms with Gasteiger partial charge in [0.2, 0.25) is 10.0 Å². The molecule has 142 valence electrons. The summed E-state index contributed by atoms with van der Waals surface area (Å²) in [7, 11) is -0.196. The van der Waals surface area contributed by atoms with Gasteiger partial charge in [-0.2, -0.15) is 0 Å². The van der Waals surface area contributed by atoms with Crippen molar-refractivity contribution in [2.75, 3.05) is 38.0 Å². The van der Waals surface area contributed by atoms with Gasteiger partial charge in [0.05, 0.1) is 25.5 Å². The Labute approximate surface area is 153 Å². The van der Waals surface area contributed by atoms with Crippen LogP contribution in [0, 0.1) is 5.92 Å². The SMILES string of the molecule is COc1cc2ncnc(N3CCC(CCS(N)(=O)=O)CC3)c2cc1OC. The van der Waals surface area contributed by atoms with Crippen molar-refractivity contribution in [1.29, 1.82) is 0 Å². The number of nitrogens with zero attached hydrogens (tertiary/aromatic N) is 3. The van der Waals surface area contributed by atoms with Crippen molar-refractivity contribution in [2.24, 2.45) is 11.1 Å². The van der Waals surface area contributed by atoms with Gasteiger partial charge in [0, 0.05) is 24.5 Å². The number of hydrogen-bond acceptors (Lipinski definition) is 7. The second-order valence-corrected chi connectivity index (χ2v) is 8.24. The molecule has 0 spiro atoms. The number of sulfonamides is 1. The standard InChI is InChI=1S/C17H24N4O4S/c1-24-15-9-13-14(10-16(15)25-2)19-11-20-17(13)21-6-3-12(4-7-21)5-8-26(18,22)23/h9-12H,3-8H2,1-2H3,(H2,18,22,23). The van der Waals surface area contributed by atoms with Crippen LogP contribution >= 0.6 is 0 Å². The lowest BCUT2D eigenvalue weighted by Gasteiger charge is -2.33. The minimum atomic E-state index is -3.39. The highest BCUT2D eigenvalue weighted by molar-refractivity contribution is 7.89. The van der Waals surface area contributed by atoms with Gasteiger partial charge in [-0.3, -0.25) is 0 Å². The highest BCUT2D eigenvalue weighted by atomic mass is 32.2. The summed E-state index contributed by atoms with van der Waals surface area (Å²) in [6.45, 7) is 1.63. The lowest BCUT2D eigenvalue weighted by Crippen LogP contribution is -2.35. The molecule has 9 heteroatoms. The van der Waals surface area contributed by atoms with E-state index in [-0.39, 0.29) is 5.75 Å². The van der Waals surface area contributed by atoms with E-state index in [2.05, 4.69) is 14.9 Å². The Morgan fingerprint density at radius 1 is 1.15 bits per heavy atom. The first kappa shape index (κ1) is 18.7. The lowest BCUT2D eigenvalue weighted by molar-refractivity contribution is 0.355. The predicted molar refractivity (Wildman–Crippen MR) is 100 cm³/mol. The summed E-state index contributed by atoms with van der Waals surface area (Å²) in [5.41, 5.74) is 0.795. The number of aromatic nitrogens is 2. The topological polar surface area (TPSA) is 108 Å². The number of benzene rings is 1. The maximum Gasteiger partial charge on any atom is 0.209 e. The van der Waals surface area contributed by atoms with E-state index in [0.29, 0.717) is 23.8 Å². The molecule has 1 fully saturated rings. The van der Waals surface area contributed by atoms with Crippen molar-refractivity contribution < 1.29 is 17.9 Å². The molecule has 0 amide bonds. The number of hydrogen-bond donors (Lipinski definition) is 1. The normalized spacial score (nSPS) is 16.0. The monoisotopic (exact) mass is 380 g/mol. The summed E-state index contributed by atoms with van der Waals surface area (Å²) in [5.74, 6) is 2.55. The Hall–Kier alpha value is -2.13. The summed E-state index contributed by atoms with van der Waals surface area (Å²) in [6.07, 6.45) is 3.99. The first-order valence-corrected chi connectivity index (χ1v) is 10.2. The molecule has 0 bridgehead atoms. The smallest absolute Gasteiger partial charge is 0.209 e. The van der Waals surface area contributed by atoms with Crippen LogP contribution < -0.4 is 19.5 Å². The Kier molecular flexibility index (Phi) is 5.47. The van der Waals surface area contributed by atoms with Gasteiger partial charge in [-0.1, -0.05) is 0 Å². The molecule has 1 saturated heterocycles. The van der Waals surface area contributed by atoms with Crippen molar-refractivity contribution in [3.05, 3.63) is 18.5 Å². The van der Waals surface area contributed by atoms with E-state index in [1.807, 2.05) is 12.1 Å². The van der Waals surface area contributed by atoms with E-state index >= 15 is 0 Å². The highest BCUT2D eigenvalue weighted by Gasteiger charge is 2.23. The number of anilines is 1. The maximum atomic E-state index is 11.1. The van der Waals surface area contributed by atoms with Gasteiger partial charge in [-0.05, 0) is 31.2 Å². The fourth-order valence-electron chi connectivity index (χ4n) is 3.39. The zero-order valence-corrected chi connectivity index (χ0v) is 15.8. The van der Waals surface area contributed by atoms with Crippen molar-refractivity contribution in [3.63, 3.8) is 0 Å². The molecule has 2 aromatic rings. The van der Waals surface area contributed by atoms with Crippen LogP contribution in [0.2, 0.25) is 0 Å². The minimum Gasteiger partial charge on any atom is -0.493 e. The number of methoxy groups -OCH3 is 2. The van der Waals surface area contributed by atoms with Gasteiger partial charge >= 0.3 is 0 Å². The Balaban J connectivity index is 1.79. The third-order valence-electron chi connectivity index (χ3n) is 4.84. The van der Waals surface area contributed by atoms with E-state index in [1.165, 1.54) is 0 Å². The molecule has 2 N–H and O–H groups in total. The zero-order valence-electron chi connectivity index (χ0n) is 15.0. The van der Waals surface area contributed by atoms with Crippen LogP contribution in [0.3, 0.4) is 0 Å². The average molecular weight is 380 g/mol. The van der Waals surface area contributed by atoms with Crippen molar-refractivity contribution in [1.82, 2.24) is 9.97 Å². The first-order chi connectivity index (χ1) is 12.4. The summed E-state index contributed by atoms with van der Waals surface area (Å²) >= 11 is 0. The molecular weight excluding hydrogens is 356 g/mol. The van der Waals surface area contributed by atoms with Crippen LogP contribution in [0.15, 0.2) is 18.5 Å². The van der Waals surface area contributed by atoms with Crippen LogP contribution in [0.1, 0.15) is 19.3 Å². The molecule has 0 atom stereocenters. The molecule has 1 aliphatic rings. The molecule has 2 heterocycles. The molecule has 8 nitrogen and oxygen atoms in total. The second-order valence-electron chi connectivity index (χ2n) is 6.51. The molecule has 0 radical (unpaired) electrons. The zero-order chi connectivity index (χ0) is 18.7. The highest BCUT2D eigenvalue weighted by Crippen LogP contribution is 2.35. The Morgan fingerprint density at radius 2 is 1.81 bits per heavy atom. The van der Waals surface area contributed by atoms with Gasteiger partial charge in [0.15, 0.2) is 11.5 Å². The number of rotatable bonds is 6. The third-order valence-corrected chi connectivity index (χ3v) is 5.65. The molecule has 1 aromatic heterocycles. The fourth-order valence-corrected chi connectivity index (χ4v) is 4.05. The molecule has 1 aliphatic heterocycles. The van der Waals surface area contributed by atoms with E-state index in [9.17, 15) is 8.42 Å². The summed E-state index contributed by atoms with van der Waals surface area (Å²) in [6, 6.07) is 3.74. The molecule has 26 heavy (non-hydrogen) atoms. The number of ether oxygens (including phenoxy) is 2. The largest absolute Gasteiger partial charge is 0.493 e. The molecule has 3 rings (SSSR count). The molecule has 0 unspecified atom stereocenters. The quantitative estimate of drug-likeness (QED) is 0.810. The van der Waals surface area contributed by atoms with Crippen LogP contribution in [0.4, 0.5) is 5.82 Å². The number of nitrogens with two attached hydrogens (primary N) is 1. The van der Waals surface area contributed by atoms with Gasteiger partial charge in [-0.15, -0.1) is 0 Å². The molecule has 1 aromatic carbocycles. The Morgan fingerprint density at radius 3 is 2.42 bits per heavy atom. The average Bonchev–Trinajstić information content (AvgIpc) is 2.64. The van der Waals surface area contributed by atoms with Crippen molar-refractivity contribution in [2.45, 2.75) is 19.3 Å². The predicted octanol–water partition coefficient (Wildman–Crippen LogP) is 1.54. The maximum absolute atomic E-state index is 11.1. The fraction of sp³-hybridized carbons (Fsp3) is 0.529. The Bertz CT molecular complexity index is 880. The van der Waals surface area contributed by atoms with Gasteiger partial charge in [0.1, 0.15) is 12.1 Å². The van der Waals surface area contributed by atoms with E-state index in [0.717, 1.165) is 42.7 Å². The van der Waals surface area contributed by atoms with E-state index < -0.39 is 10.0 Å². The lowest BCUT2D eigenvalue weighted by atomic mass is 9.94. The summed E-state index contributed by atoms with van der Waals surface area (Å²) in [5, 5.41) is 6.02. The molecular formula is C17H24N4O4S. The van der Waals surface area contributed by atoms with Crippen LogP contribution in [0.5, 0.6) is 11.5 Å². The van der Waals surface area contributed by atoms with Crippen molar-refractivity contribution in [3.8, 4) is 11.5 Å². The molecule has 0 saturated carbocycles. The van der Waals surface area contributed by atoms with Crippen molar-refractivity contribution >= 4 is 26.7 Å². The number of piperidine rings is 1. The third kappa shape index (κ3) is 4.16. The minimum absolute atomic E-state index is 0.0467.